The van der Waals surface area contributed by atoms with Crippen LogP contribution in [-0.2, 0) is 17.5 Å². The predicted octanol–water partition coefficient (Wildman–Crippen LogP) is 3.64. The van der Waals surface area contributed by atoms with Crippen LogP contribution in [0.5, 0.6) is 0 Å². The Labute approximate surface area is 176 Å². The second-order valence-electron chi connectivity index (χ2n) is 7.47. The minimum atomic E-state index is -4.47. The molecule has 0 atom stereocenters. The van der Waals surface area contributed by atoms with E-state index in [2.05, 4.69) is 20.2 Å². The van der Waals surface area contributed by atoms with Crippen molar-refractivity contribution in [3.8, 4) is 16.9 Å². The van der Waals surface area contributed by atoms with Crippen LogP contribution in [0.2, 0.25) is 0 Å². The molecule has 0 amide bonds. The maximum absolute atomic E-state index is 13.2. The number of benzene rings is 1. The summed E-state index contributed by atoms with van der Waals surface area (Å²) in [6, 6.07) is 8.46. The van der Waals surface area contributed by atoms with Crippen molar-refractivity contribution in [1.29, 1.82) is 0 Å². The van der Waals surface area contributed by atoms with Gasteiger partial charge in [-0.05, 0) is 56.3 Å². The van der Waals surface area contributed by atoms with Crippen molar-refractivity contribution in [1.82, 2.24) is 24.9 Å². The number of halogens is 3. The molecule has 3 aromatic rings. The van der Waals surface area contributed by atoms with Gasteiger partial charge in [-0.3, -0.25) is 14.7 Å². The van der Waals surface area contributed by atoms with Crippen LogP contribution < -0.4 is 0 Å². The molecule has 3 heterocycles. The number of hydrogen-bond donors (Lipinski definition) is 1. The summed E-state index contributed by atoms with van der Waals surface area (Å²) in [5.41, 5.74) is 1.41. The summed E-state index contributed by atoms with van der Waals surface area (Å²) in [4.78, 5) is 17.3. The number of carbonyl (C=O) groups is 1. The van der Waals surface area contributed by atoms with E-state index < -0.39 is 17.7 Å². The van der Waals surface area contributed by atoms with Crippen molar-refractivity contribution in [2.75, 3.05) is 13.1 Å². The molecule has 0 unspecified atom stereocenters. The second kappa shape index (κ2) is 8.46. The van der Waals surface area contributed by atoms with Crippen molar-refractivity contribution in [3.63, 3.8) is 0 Å². The van der Waals surface area contributed by atoms with Gasteiger partial charge < -0.3 is 5.11 Å². The van der Waals surface area contributed by atoms with Crippen LogP contribution in [-0.4, -0.2) is 49.0 Å². The Kier molecular flexibility index (Phi) is 5.73. The lowest BCUT2D eigenvalue weighted by atomic mass is 9.97. The Morgan fingerprint density at radius 2 is 1.84 bits per heavy atom. The summed E-state index contributed by atoms with van der Waals surface area (Å²) in [5.74, 6) is -1.13. The van der Waals surface area contributed by atoms with Crippen LogP contribution in [0.4, 0.5) is 13.2 Å². The standard InChI is InChI=1S/C21H20F3N5O2/c22-21(23,24)16-2-1-3-17(12-16)29-19(14-4-8-25-9-5-14)18(26-27-29)13-28-10-6-15(7-11-28)20(30)31/h1-5,8-9,12,15H,6-7,10-11,13H2,(H,30,31). The highest BCUT2D eigenvalue weighted by Crippen LogP contribution is 2.32. The third kappa shape index (κ3) is 4.58. The number of carboxylic acids is 1. The number of carboxylic acid groups (broad SMARTS) is 1. The van der Waals surface area contributed by atoms with Crippen molar-refractivity contribution < 1.29 is 23.1 Å². The van der Waals surface area contributed by atoms with Gasteiger partial charge in [-0.2, -0.15) is 13.2 Å². The van der Waals surface area contributed by atoms with E-state index in [9.17, 15) is 23.1 Å². The first kappa shape index (κ1) is 21.0. The molecule has 2 aromatic heterocycles. The maximum atomic E-state index is 13.2. The van der Waals surface area contributed by atoms with Crippen LogP contribution >= 0.6 is 0 Å². The van der Waals surface area contributed by atoms with Crippen LogP contribution in [0.15, 0.2) is 48.8 Å². The Balaban J connectivity index is 1.68. The molecule has 1 aromatic carbocycles. The topological polar surface area (TPSA) is 84.1 Å². The minimum Gasteiger partial charge on any atom is -0.481 e. The van der Waals surface area contributed by atoms with E-state index in [1.54, 1.807) is 30.6 Å². The van der Waals surface area contributed by atoms with Gasteiger partial charge >= 0.3 is 12.1 Å². The number of aliphatic carboxylic acids is 1. The molecule has 1 aliphatic heterocycles. The zero-order chi connectivity index (χ0) is 22.0. The highest BCUT2D eigenvalue weighted by Gasteiger charge is 2.31. The second-order valence-corrected chi connectivity index (χ2v) is 7.47. The van der Waals surface area contributed by atoms with Gasteiger partial charge in [-0.15, -0.1) is 5.10 Å². The normalized spacial score (nSPS) is 15.8. The summed E-state index contributed by atoms with van der Waals surface area (Å²) in [6.07, 6.45) is -0.185. The van der Waals surface area contributed by atoms with Gasteiger partial charge in [0.1, 0.15) is 5.69 Å². The molecule has 162 valence electrons. The smallest absolute Gasteiger partial charge is 0.416 e. The van der Waals surface area contributed by atoms with E-state index >= 15 is 0 Å². The lowest BCUT2D eigenvalue weighted by Crippen LogP contribution is -2.36. The number of hydrogen-bond acceptors (Lipinski definition) is 5. The Bertz CT molecular complexity index is 1060. The van der Waals surface area contributed by atoms with Gasteiger partial charge in [0.15, 0.2) is 0 Å². The number of nitrogens with zero attached hydrogens (tertiary/aromatic N) is 5. The van der Waals surface area contributed by atoms with Crippen LogP contribution in [0.25, 0.3) is 16.9 Å². The number of piperidine rings is 1. The molecule has 0 saturated carbocycles. The largest absolute Gasteiger partial charge is 0.481 e. The molecule has 0 bridgehead atoms. The minimum absolute atomic E-state index is 0.255. The zero-order valence-corrected chi connectivity index (χ0v) is 16.5. The van der Waals surface area contributed by atoms with Crippen molar-refractivity contribution in [3.05, 3.63) is 60.0 Å². The van der Waals surface area contributed by atoms with Crippen molar-refractivity contribution in [2.45, 2.75) is 25.6 Å². The molecule has 4 rings (SSSR count). The summed E-state index contributed by atoms with van der Waals surface area (Å²) < 4.78 is 41.0. The number of rotatable bonds is 5. The summed E-state index contributed by atoms with van der Waals surface area (Å²) in [7, 11) is 0. The van der Waals surface area contributed by atoms with Gasteiger partial charge in [0.25, 0.3) is 0 Å². The molecule has 0 aliphatic carbocycles. The molecular weight excluding hydrogens is 411 g/mol. The quantitative estimate of drug-likeness (QED) is 0.664. The number of aromatic nitrogens is 4. The average Bonchev–Trinajstić information content (AvgIpc) is 3.18. The van der Waals surface area contributed by atoms with Gasteiger partial charge in [-0.25, -0.2) is 4.68 Å². The number of alkyl halides is 3. The van der Waals surface area contributed by atoms with Gasteiger partial charge in [0, 0.05) is 24.5 Å². The Morgan fingerprint density at radius 3 is 2.48 bits per heavy atom. The maximum Gasteiger partial charge on any atom is 0.416 e. The molecule has 1 fully saturated rings. The molecule has 1 N–H and O–H groups in total. The third-order valence-electron chi connectivity index (χ3n) is 5.42. The number of pyridine rings is 1. The molecule has 0 spiro atoms. The molecule has 10 heteroatoms. The first-order chi connectivity index (χ1) is 14.8. The fourth-order valence-corrected chi connectivity index (χ4v) is 3.76. The average molecular weight is 431 g/mol. The van der Waals surface area contributed by atoms with Crippen molar-refractivity contribution in [2.24, 2.45) is 5.92 Å². The third-order valence-corrected chi connectivity index (χ3v) is 5.42. The molecule has 1 aliphatic rings. The van der Waals surface area contributed by atoms with E-state index in [0.717, 1.165) is 17.7 Å². The lowest BCUT2D eigenvalue weighted by Gasteiger charge is -2.29. The molecular formula is C21H20F3N5O2. The van der Waals surface area contributed by atoms with Gasteiger partial charge in [0.05, 0.1) is 22.9 Å². The molecule has 0 radical (unpaired) electrons. The van der Waals surface area contributed by atoms with E-state index in [1.807, 2.05) is 0 Å². The Morgan fingerprint density at radius 1 is 1.13 bits per heavy atom. The first-order valence-electron chi connectivity index (χ1n) is 9.80. The van der Waals surface area contributed by atoms with Gasteiger partial charge in [0.2, 0.25) is 0 Å². The van der Waals surface area contributed by atoms with E-state index in [4.69, 9.17) is 0 Å². The van der Waals surface area contributed by atoms with Crippen LogP contribution in [0, 0.1) is 5.92 Å². The zero-order valence-electron chi connectivity index (χ0n) is 16.5. The number of likely N-dealkylation sites (tertiary alicyclic amines) is 1. The lowest BCUT2D eigenvalue weighted by molar-refractivity contribution is -0.143. The fraction of sp³-hybridized carbons (Fsp3) is 0.333. The molecule has 1 saturated heterocycles. The SMILES string of the molecule is O=C(O)C1CCN(Cc2nnn(-c3cccc(C(F)(F)F)c3)c2-c2ccncc2)CC1. The van der Waals surface area contributed by atoms with E-state index in [1.165, 1.54) is 10.7 Å². The van der Waals surface area contributed by atoms with E-state index in [-0.39, 0.29) is 11.6 Å². The highest BCUT2D eigenvalue weighted by molar-refractivity contribution is 5.70. The molecule has 7 nitrogen and oxygen atoms in total. The van der Waals surface area contributed by atoms with Crippen molar-refractivity contribution >= 4 is 5.97 Å². The predicted molar refractivity (Wildman–Crippen MR) is 105 cm³/mol. The molecule has 31 heavy (non-hydrogen) atoms. The highest BCUT2D eigenvalue weighted by atomic mass is 19.4. The summed E-state index contributed by atoms with van der Waals surface area (Å²) in [5, 5.41) is 17.6. The monoisotopic (exact) mass is 431 g/mol. The van der Waals surface area contributed by atoms with E-state index in [0.29, 0.717) is 43.9 Å². The van der Waals surface area contributed by atoms with Gasteiger partial charge in [-0.1, -0.05) is 11.3 Å². The Hall–Kier alpha value is -3.27. The van der Waals surface area contributed by atoms with Crippen LogP contribution in [0.3, 0.4) is 0 Å². The van der Waals surface area contributed by atoms with Crippen LogP contribution in [0.1, 0.15) is 24.1 Å². The summed E-state index contributed by atoms with van der Waals surface area (Å²) in [6.45, 7) is 1.62. The first-order valence-corrected chi connectivity index (χ1v) is 9.80. The summed E-state index contributed by atoms with van der Waals surface area (Å²) >= 11 is 0. The fourth-order valence-electron chi connectivity index (χ4n) is 3.76.